The van der Waals surface area contributed by atoms with Gasteiger partial charge >= 0.3 is 0 Å². The Balaban J connectivity index is 1.89. The van der Waals surface area contributed by atoms with E-state index >= 15 is 0 Å². The van der Waals surface area contributed by atoms with Crippen molar-refractivity contribution in [3.8, 4) is 0 Å². The van der Waals surface area contributed by atoms with Gasteiger partial charge in [-0.25, -0.2) is 4.39 Å². The van der Waals surface area contributed by atoms with Crippen molar-refractivity contribution in [3.05, 3.63) is 35.6 Å². The highest BCUT2D eigenvalue weighted by molar-refractivity contribution is 6.30. The lowest BCUT2D eigenvalue weighted by molar-refractivity contribution is -0.136. The number of hydrogen-bond donors (Lipinski definition) is 0. The smallest absolute Gasteiger partial charge is 0.241 e. The zero-order chi connectivity index (χ0) is 12.7. The van der Waals surface area contributed by atoms with E-state index in [1.54, 1.807) is 12.1 Å². The summed E-state index contributed by atoms with van der Waals surface area (Å²) in [6, 6.07) is 6.85. The Labute approximate surface area is 111 Å². The summed E-state index contributed by atoms with van der Waals surface area (Å²) in [4.78, 5) is 14.1. The van der Waals surface area contributed by atoms with Crippen LogP contribution >= 0.6 is 11.6 Å². The van der Waals surface area contributed by atoms with Crippen LogP contribution in [0.15, 0.2) is 24.3 Å². The summed E-state index contributed by atoms with van der Waals surface area (Å²) >= 11 is 6.06. The van der Waals surface area contributed by atoms with E-state index in [1.165, 1.54) is 12.1 Å². The maximum absolute atomic E-state index is 12.9. The lowest BCUT2D eigenvalue weighted by Crippen LogP contribution is -2.46. The van der Waals surface area contributed by atoms with Gasteiger partial charge in [-0.15, -0.1) is 11.6 Å². The molecule has 3 unspecified atom stereocenters. The minimum Gasteiger partial charge on any atom is -0.331 e. The van der Waals surface area contributed by atoms with E-state index in [9.17, 15) is 9.18 Å². The second kappa shape index (κ2) is 4.54. The molecule has 0 aliphatic carbocycles. The van der Waals surface area contributed by atoms with E-state index in [1.807, 2.05) is 4.90 Å². The molecule has 3 atom stereocenters. The van der Waals surface area contributed by atoms with Crippen LogP contribution in [-0.2, 0) is 4.79 Å². The Bertz CT molecular complexity index is 461. The van der Waals surface area contributed by atoms with Gasteiger partial charge < -0.3 is 4.90 Å². The van der Waals surface area contributed by atoms with E-state index in [0.717, 1.165) is 31.2 Å². The number of alkyl halides is 1. The van der Waals surface area contributed by atoms with Gasteiger partial charge in [-0.2, -0.15) is 0 Å². The Morgan fingerprint density at radius 1 is 1.11 bits per heavy atom. The fourth-order valence-electron chi connectivity index (χ4n) is 3.14. The minimum absolute atomic E-state index is 0.0414. The summed E-state index contributed by atoms with van der Waals surface area (Å²) in [5, 5.41) is -0.387. The molecule has 1 aromatic rings. The lowest BCUT2D eigenvalue weighted by atomic mass is 10.0. The first kappa shape index (κ1) is 12.0. The molecule has 0 spiro atoms. The molecule has 0 bridgehead atoms. The largest absolute Gasteiger partial charge is 0.331 e. The van der Waals surface area contributed by atoms with Gasteiger partial charge in [0.25, 0.3) is 0 Å². The number of nitrogens with zero attached hydrogens (tertiary/aromatic N) is 1. The third kappa shape index (κ3) is 1.91. The number of amides is 1. The van der Waals surface area contributed by atoms with Crippen LogP contribution in [0.4, 0.5) is 4.39 Å². The van der Waals surface area contributed by atoms with Gasteiger partial charge in [-0.05, 0) is 43.4 Å². The van der Waals surface area contributed by atoms with Gasteiger partial charge in [0, 0.05) is 6.04 Å². The molecule has 2 saturated heterocycles. The van der Waals surface area contributed by atoms with Crippen molar-refractivity contribution in [1.29, 1.82) is 0 Å². The van der Waals surface area contributed by atoms with Crippen LogP contribution in [0, 0.1) is 5.82 Å². The number of piperidine rings is 1. The zero-order valence-electron chi connectivity index (χ0n) is 9.98. The third-order valence-electron chi connectivity index (χ3n) is 4.03. The average molecular weight is 268 g/mol. The number of carbonyl (C=O) groups is 1. The molecule has 2 heterocycles. The van der Waals surface area contributed by atoms with Crippen LogP contribution in [0.1, 0.15) is 37.3 Å². The van der Waals surface area contributed by atoms with Gasteiger partial charge in [0.1, 0.15) is 11.2 Å². The molecule has 0 N–H and O–H groups in total. The number of carbonyl (C=O) groups excluding carboxylic acids is 1. The summed E-state index contributed by atoms with van der Waals surface area (Å²) in [7, 11) is 0. The van der Waals surface area contributed by atoms with Crippen LogP contribution in [0.25, 0.3) is 0 Å². The first-order valence-electron chi connectivity index (χ1n) is 6.38. The normalized spacial score (nSPS) is 31.6. The van der Waals surface area contributed by atoms with Crippen LogP contribution in [0.2, 0.25) is 0 Å². The molecule has 2 aliphatic heterocycles. The molecule has 96 valence electrons. The molecule has 3 rings (SSSR count). The summed E-state index contributed by atoms with van der Waals surface area (Å²) in [6.45, 7) is 0. The molecular weight excluding hydrogens is 253 g/mol. The fraction of sp³-hybridized carbons (Fsp3) is 0.500. The molecule has 2 aliphatic rings. The quantitative estimate of drug-likeness (QED) is 0.715. The molecule has 18 heavy (non-hydrogen) atoms. The predicted octanol–water partition coefficient (Wildman–Crippen LogP) is 3.26. The number of fused-ring (bicyclic) bond motifs is 1. The summed E-state index contributed by atoms with van der Waals surface area (Å²) in [6.07, 6.45) is 3.73. The highest BCUT2D eigenvalue weighted by Gasteiger charge is 2.42. The van der Waals surface area contributed by atoms with Gasteiger partial charge in [-0.1, -0.05) is 12.1 Å². The zero-order valence-corrected chi connectivity index (χ0v) is 10.7. The first-order valence-corrected chi connectivity index (χ1v) is 6.82. The second-order valence-corrected chi connectivity index (χ2v) is 5.62. The van der Waals surface area contributed by atoms with Gasteiger partial charge in [0.05, 0.1) is 6.04 Å². The molecule has 0 aromatic heterocycles. The second-order valence-electron chi connectivity index (χ2n) is 5.09. The summed E-state index contributed by atoms with van der Waals surface area (Å²) < 4.78 is 12.9. The molecule has 0 radical (unpaired) electrons. The van der Waals surface area contributed by atoms with Gasteiger partial charge in [0.2, 0.25) is 5.91 Å². The van der Waals surface area contributed by atoms with Crippen molar-refractivity contribution < 1.29 is 9.18 Å². The highest BCUT2D eigenvalue weighted by Crippen LogP contribution is 2.41. The van der Waals surface area contributed by atoms with Crippen LogP contribution in [0.5, 0.6) is 0 Å². The maximum Gasteiger partial charge on any atom is 0.241 e. The van der Waals surface area contributed by atoms with Crippen LogP contribution in [0.3, 0.4) is 0 Å². The molecule has 0 saturated carbocycles. The summed E-state index contributed by atoms with van der Waals surface area (Å²) in [5.74, 6) is -0.201. The fourth-order valence-corrected chi connectivity index (χ4v) is 3.37. The monoisotopic (exact) mass is 267 g/mol. The van der Waals surface area contributed by atoms with E-state index < -0.39 is 0 Å². The van der Waals surface area contributed by atoms with Crippen molar-refractivity contribution in [3.63, 3.8) is 0 Å². The van der Waals surface area contributed by atoms with Crippen molar-refractivity contribution in [1.82, 2.24) is 4.90 Å². The minimum atomic E-state index is -0.387. The lowest BCUT2D eigenvalue weighted by Gasteiger charge is -2.36. The standard InChI is InChI=1S/C14H15ClFNO/c15-12-7-5-11-6-8-13(17(11)14(12)18)9-1-3-10(16)4-2-9/h1-4,11-13H,5-8H2. The van der Waals surface area contributed by atoms with Crippen molar-refractivity contribution >= 4 is 17.5 Å². The Morgan fingerprint density at radius 2 is 1.78 bits per heavy atom. The number of halogens is 2. The van der Waals surface area contributed by atoms with Crippen LogP contribution in [-0.4, -0.2) is 22.2 Å². The number of rotatable bonds is 1. The summed E-state index contributed by atoms with van der Waals surface area (Å²) in [5.41, 5.74) is 1.01. The van der Waals surface area contributed by atoms with Crippen molar-refractivity contribution in [2.24, 2.45) is 0 Å². The molecular formula is C14H15ClFNO. The third-order valence-corrected chi connectivity index (χ3v) is 4.44. The molecule has 1 aromatic carbocycles. The molecule has 2 fully saturated rings. The number of benzene rings is 1. The first-order chi connectivity index (χ1) is 8.66. The van der Waals surface area contributed by atoms with Crippen molar-refractivity contribution in [2.45, 2.75) is 43.1 Å². The topological polar surface area (TPSA) is 20.3 Å². The van der Waals surface area contributed by atoms with E-state index in [0.29, 0.717) is 6.04 Å². The van der Waals surface area contributed by atoms with E-state index in [4.69, 9.17) is 11.6 Å². The number of hydrogen-bond acceptors (Lipinski definition) is 1. The molecule has 4 heteroatoms. The molecule has 1 amide bonds. The van der Waals surface area contributed by atoms with Crippen molar-refractivity contribution in [2.75, 3.05) is 0 Å². The van der Waals surface area contributed by atoms with Gasteiger partial charge in [-0.3, -0.25) is 4.79 Å². The van der Waals surface area contributed by atoms with E-state index in [-0.39, 0.29) is 23.1 Å². The maximum atomic E-state index is 12.9. The highest BCUT2D eigenvalue weighted by atomic mass is 35.5. The SMILES string of the molecule is O=C1C(Cl)CCC2CCC(c3ccc(F)cc3)N12. The average Bonchev–Trinajstić information content (AvgIpc) is 2.79. The Hall–Kier alpha value is -1.09. The van der Waals surface area contributed by atoms with E-state index in [2.05, 4.69) is 0 Å². The molecule has 2 nitrogen and oxygen atoms in total. The predicted molar refractivity (Wildman–Crippen MR) is 67.9 cm³/mol. The van der Waals surface area contributed by atoms with Gasteiger partial charge in [0.15, 0.2) is 0 Å². The Kier molecular flexibility index (Phi) is 3.02. The Morgan fingerprint density at radius 3 is 2.50 bits per heavy atom. The van der Waals surface area contributed by atoms with Crippen LogP contribution < -0.4 is 0 Å².